The molecule has 0 atom stereocenters. The third-order valence-corrected chi connectivity index (χ3v) is 4.92. The van der Waals surface area contributed by atoms with Crippen LogP contribution in [0.15, 0.2) is 63.6 Å². The fraction of sp³-hybridized carbons (Fsp3) is 0.100. The Morgan fingerprint density at radius 1 is 1.16 bits per heavy atom. The molecule has 160 valence electrons. The number of benzene rings is 2. The summed E-state index contributed by atoms with van der Waals surface area (Å²) in [6.07, 6.45) is -2.18. The van der Waals surface area contributed by atoms with Crippen LogP contribution in [0.5, 0.6) is 5.75 Å². The van der Waals surface area contributed by atoms with Gasteiger partial charge >= 0.3 is 12.1 Å². The highest BCUT2D eigenvalue weighted by molar-refractivity contribution is 8.18. The number of aromatic hydroxyl groups is 1. The largest absolute Gasteiger partial charge is 0.507 e. The zero-order valence-electron chi connectivity index (χ0n) is 15.8. The number of carbonyl (C=O) groups excluding carboxylic acids is 2. The molecule has 0 aromatic heterocycles. The summed E-state index contributed by atoms with van der Waals surface area (Å²) >= 11 is 0.887. The number of thioether (sulfide) groups is 1. The molecule has 2 aromatic rings. The number of hydrogen-bond donors (Lipinski definition) is 2. The molecule has 0 spiro atoms. The van der Waals surface area contributed by atoms with Crippen LogP contribution in [0.1, 0.15) is 11.1 Å². The quantitative estimate of drug-likeness (QED) is 0.321. The molecule has 1 amide bonds. The molecule has 2 aromatic carbocycles. The lowest BCUT2D eigenvalue weighted by atomic mass is 10.0. The van der Waals surface area contributed by atoms with Crippen molar-refractivity contribution in [3.63, 3.8) is 0 Å². The lowest BCUT2D eigenvalue weighted by Crippen LogP contribution is -2.19. The maximum Gasteiger partial charge on any atom is 0.416 e. The van der Waals surface area contributed by atoms with E-state index in [4.69, 9.17) is 0 Å². The van der Waals surface area contributed by atoms with Crippen molar-refractivity contribution in [1.82, 2.24) is 5.32 Å². The average Bonchev–Trinajstić information content (AvgIpc) is 3.07. The van der Waals surface area contributed by atoms with Gasteiger partial charge in [0.1, 0.15) is 5.75 Å². The topological polar surface area (TPSA) is 100 Å². The molecule has 0 bridgehead atoms. The van der Waals surface area contributed by atoms with Crippen LogP contribution in [0.3, 0.4) is 0 Å². The summed E-state index contributed by atoms with van der Waals surface area (Å²) in [6, 6.07) is 9.07. The van der Waals surface area contributed by atoms with E-state index in [-0.39, 0.29) is 21.4 Å². The number of esters is 1. The van der Waals surface area contributed by atoms with Crippen molar-refractivity contribution < 1.29 is 32.6 Å². The summed E-state index contributed by atoms with van der Waals surface area (Å²) in [7, 11) is 1.18. The summed E-state index contributed by atoms with van der Waals surface area (Å²) < 4.78 is 42.6. The number of methoxy groups -OCH3 is 1. The maximum atomic E-state index is 12.7. The van der Waals surface area contributed by atoms with E-state index in [0.29, 0.717) is 11.1 Å². The fourth-order valence-electron chi connectivity index (χ4n) is 2.47. The van der Waals surface area contributed by atoms with Gasteiger partial charge in [-0.2, -0.15) is 18.3 Å². The summed E-state index contributed by atoms with van der Waals surface area (Å²) in [6.45, 7) is 0. The van der Waals surface area contributed by atoms with E-state index < -0.39 is 23.6 Å². The number of amides is 1. The average molecular weight is 449 g/mol. The molecular weight excluding hydrogens is 435 g/mol. The van der Waals surface area contributed by atoms with Crippen molar-refractivity contribution in [2.75, 3.05) is 7.11 Å². The summed E-state index contributed by atoms with van der Waals surface area (Å²) in [4.78, 5) is 23.1. The number of alkyl halides is 3. The van der Waals surface area contributed by atoms with Crippen molar-refractivity contribution in [3.8, 4) is 16.9 Å². The Balaban J connectivity index is 1.78. The number of nitrogens with one attached hydrogen (secondary N) is 1. The minimum absolute atomic E-state index is 0.0907. The molecule has 31 heavy (non-hydrogen) atoms. The van der Waals surface area contributed by atoms with Crippen molar-refractivity contribution in [2.24, 2.45) is 10.2 Å². The minimum Gasteiger partial charge on any atom is -0.507 e. The molecule has 1 saturated heterocycles. The molecule has 1 fully saturated rings. The highest BCUT2D eigenvalue weighted by atomic mass is 32.2. The predicted octanol–water partition coefficient (Wildman–Crippen LogP) is 3.69. The molecular formula is C20H14F3N3O4S. The van der Waals surface area contributed by atoms with Crippen molar-refractivity contribution in [3.05, 3.63) is 64.6 Å². The highest BCUT2D eigenvalue weighted by Gasteiger charge is 2.30. The lowest BCUT2D eigenvalue weighted by molar-refractivity contribution is -0.137. The first kappa shape index (κ1) is 22.1. The fourth-order valence-corrected chi connectivity index (χ4v) is 3.21. The molecule has 0 unspecified atom stereocenters. The second kappa shape index (κ2) is 9.04. The molecule has 1 aliphatic rings. The number of phenols is 1. The second-order valence-electron chi connectivity index (χ2n) is 6.09. The summed E-state index contributed by atoms with van der Waals surface area (Å²) in [5.41, 5.74) is 0.586. The van der Waals surface area contributed by atoms with Gasteiger partial charge in [-0.15, -0.1) is 5.10 Å². The molecule has 1 heterocycles. The molecule has 0 saturated carbocycles. The van der Waals surface area contributed by atoms with E-state index in [1.807, 2.05) is 0 Å². The van der Waals surface area contributed by atoms with Crippen molar-refractivity contribution in [1.29, 1.82) is 0 Å². The number of halogens is 3. The van der Waals surface area contributed by atoms with Gasteiger partial charge in [-0.05, 0) is 47.2 Å². The number of amidine groups is 1. The van der Waals surface area contributed by atoms with E-state index in [2.05, 4.69) is 20.3 Å². The van der Waals surface area contributed by atoms with Gasteiger partial charge in [0.05, 0.1) is 23.8 Å². The van der Waals surface area contributed by atoms with Crippen LogP contribution in [0.25, 0.3) is 11.1 Å². The normalized spacial score (nSPS) is 16.8. The van der Waals surface area contributed by atoms with Crippen LogP contribution in [-0.2, 0) is 20.5 Å². The lowest BCUT2D eigenvalue weighted by Gasteiger charge is -2.08. The van der Waals surface area contributed by atoms with Gasteiger partial charge in [-0.1, -0.05) is 18.2 Å². The Morgan fingerprint density at radius 2 is 1.84 bits per heavy atom. The van der Waals surface area contributed by atoms with E-state index in [9.17, 15) is 27.9 Å². The molecule has 0 radical (unpaired) electrons. The van der Waals surface area contributed by atoms with Crippen LogP contribution in [0.4, 0.5) is 13.2 Å². The number of nitrogens with zero attached hydrogens (tertiary/aromatic N) is 2. The minimum atomic E-state index is -4.43. The number of rotatable bonds is 4. The molecule has 11 heteroatoms. The Labute approximate surface area is 178 Å². The van der Waals surface area contributed by atoms with Gasteiger partial charge in [0, 0.05) is 11.6 Å². The van der Waals surface area contributed by atoms with Crippen LogP contribution >= 0.6 is 11.8 Å². The standard InChI is InChI=1S/C20H14F3N3O4S/c1-30-17(28)9-16-18(29)25-19(31-16)26-24-10-13-8-12(4-7-15(13)27)11-2-5-14(6-3-11)20(21,22)23/h2-10,27H,1H3,(H,25,26,29)/b16-9+,24-10?. The number of phenolic OH excluding ortho intramolecular Hbond substituents is 1. The second-order valence-corrected chi connectivity index (χ2v) is 7.12. The molecule has 1 aliphatic heterocycles. The van der Waals surface area contributed by atoms with Crippen LogP contribution in [0.2, 0.25) is 0 Å². The Morgan fingerprint density at radius 3 is 2.48 bits per heavy atom. The van der Waals surface area contributed by atoms with E-state index >= 15 is 0 Å². The summed E-state index contributed by atoms with van der Waals surface area (Å²) in [5, 5.41) is 20.2. The summed E-state index contributed by atoms with van der Waals surface area (Å²) in [5.74, 6) is -1.34. The SMILES string of the molecule is COC(=O)/C=C1/S/C(=N\N=Cc2cc(-c3ccc(C(F)(F)F)cc3)ccc2O)NC1=O. The highest BCUT2D eigenvalue weighted by Crippen LogP contribution is 2.32. The first-order chi connectivity index (χ1) is 14.7. The van der Waals surface area contributed by atoms with Crippen LogP contribution in [-0.4, -0.2) is 35.5 Å². The van der Waals surface area contributed by atoms with E-state index in [1.54, 1.807) is 6.07 Å². The monoisotopic (exact) mass is 449 g/mol. The van der Waals surface area contributed by atoms with E-state index in [1.165, 1.54) is 37.6 Å². The third-order valence-electron chi connectivity index (χ3n) is 4.02. The van der Waals surface area contributed by atoms with Crippen molar-refractivity contribution in [2.45, 2.75) is 6.18 Å². The Kier molecular flexibility index (Phi) is 6.44. The number of carbonyl (C=O) groups is 2. The molecule has 7 nitrogen and oxygen atoms in total. The maximum absolute atomic E-state index is 12.7. The van der Waals surface area contributed by atoms with E-state index in [0.717, 1.165) is 30.0 Å². The first-order valence-corrected chi connectivity index (χ1v) is 9.39. The van der Waals surface area contributed by atoms with Crippen molar-refractivity contribution >= 4 is 35.0 Å². The van der Waals surface area contributed by atoms with Gasteiger partial charge in [-0.3, -0.25) is 10.1 Å². The number of hydrogen-bond acceptors (Lipinski definition) is 7. The molecule has 2 N–H and O–H groups in total. The smallest absolute Gasteiger partial charge is 0.416 e. The predicted molar refractivity (Wildman–Crippen MR) is 109 cm³/mol. The number of ether oxygens (including phenoxy) is 1. The van der Waals surface area contributed by atoms with Gasteiger partial charge in [0.15, 0.2) is 5.17 Å². The third kappa shape index (κ3) is 5.51. The Hall–Kier alpha value is -3.60. The van der Waals surface area contributed by atoms with Gasteiger partial charge in [0.25, 0.3) is 5.91 Å². The van der Waals surface area contributed by atoms with Crippen LogP contribution < -0.4 is 5.32 Å². The molecule has 3 rings (SSSR count). The molecule has 0 aliphatic carbocycles. The van der Waals surface area contributed by atoms with Gasteiger partial charge in [-0.25, -0.2) is 4.79 Å². The van der Waals surface area contributed by atoms with Gasteiger partial charge in [0.2, 0.25) is 0 Å². The van der Waals surface area contributed by atoms with Gasteiger partial charge < -0.3 is 9.84 Å². The Bertz CT molecular complexity index is 1110. The zero-order chi connectivity index (χ0) is 22.6. The first-order valence-electron chi connectivity index (χ1n) is 8.58. The zero-order valence-corrected chi connectivity index (χ0v) is 16.6. The van der Waals surface area contributed by atoms with Crippen LogP contribution in [0, 0.1) is 0 Å².